The summed E-state index contributed by atoms with van der Waals surface area (Å²) in [6, 6.07) is 6.54. The summed E-state index contributed by atoms with van der Waals surface area (Å²) < 4.78 is 5.95. The Balaban J connectivity index is 2.11. The van der Waals surface area contributed by atoms with E-state index in [1.54, 1.807) is 0 Å². The molecule has 1 aromatic heterocycles. The Morgan fingerprint density at radius 2 is 2.16 bits per heavy atom. The zero-order valence-electron chi connectivity index (χ0n) is 11.6. The molecule has 3 nitrogen and oxygen atoms in total. The number of hydrogen-bond acceptors (Lipinski definition) is 3. The lowest BCUT2D eigenvalue weighted by Crippen LogP contribution is -2.41. The van der Waals surface area contributed by atoms with E-state index in [1.807, 2.05) is 6.92 Å². The van der Waals surface area contributed by atoms with E-state index in [2.05, 4.69) is 30.0 Å². The lowest BCUT2D eigenvalue weighted by molar-refractivity contribution is 0.240. The third-order valence-corrected chi connectivity index (χ3v) is 4.33. The second kappa shape index (κ2) is 4.89. The Hall–Kier alpha value is -1.48. The van der Waals surface area contributed by atoms with Gasteiger partial charge < -0.3 is 14.4 Å². The third-order valence-electron chi connectivity index (χ3n) is 4.33. The van der Waals surface area contributed by atoms with Crippen LogP contribution in [0.1, 0.15) is 30.6 Å². The average molecular weight is 259 g/mol. The molecule has 0 spiro atoms. The van der Waals surface area contributed by atoms with Gasteiger partial charge in [-0.15, -0.1) is 0 Å². The van der Waals surface area contributed by atoms with Crippen LogP contribution in [0, 0.1) is 13.8 Å². The van der Waals surface area contributed by atoms with Crippen molar-refractivity contribution in [2.24, 2.45) is 0 Å². The predicted molar refractivity (Wildman–Crippen MR) is 77.8 cm³/mol. The molecule has 2 aromatic rings. The summed E-state index contributed by atoms with van der Waals surface area (Å²) in [6.07, 6.45) is 3.45. The topological polar surface area (TPSA) is 36.6 Å². The van der Waals surface area contributed by atoms with E-state index in [0.717, 1.165) is 30.0 Å². The molecule has 0 saturated carbocycles. The van der Waals surface area contributed by atoms with Crippen molar-refractivity contribution in [3.05, 3.63) is 29.5 Å². The van der Waals surface area contributed by atoms with E-state index < -0.39 is 0 Å². The number of fused-ring (bicyclic) bond motifs is 1. The molecule has 1 aromatic carbocycles. The Morgan fingerprint density at radius 1 is 1.32 bits per heavy atom. The first-order valence-electron chi connectivity index (χ1n) is 7.08. The highest BCUT2D eigenvalue weighted by molar-refractivity contribution is 5.92. The Bertz CT molecular complexity index is 588. The maximum Gasteiger partial charge on any atom is 0.157 e. The molecule has 0 radical (unpaired) electrons. The summed E-state index contributed by atoms with van der Waals surface area (Å²) >= 11 is 0. The van der Waals surface area contributed by atoms with Crippen LogP contribution in [-0.4, -0.2) is 24.3 Å². The fourth-order valence-electron chi connectivity index (χ4n) is 3.08. The van der Waals surface area contributed by atoms with Gasteiger partial charge in [0.1, 0.15) is 5.76 Å². The normalized spacial score (nSPS) is 20.2. The molecule has 1 aliphatic heterocycles. The van der Waals surface area contributed by atoms with E-state index in [0.29, 0.717) is 0 Å². The summed E-state index contributed by atoms with van der Waals surface area (Å²) in [4.78, 5) is 2.31. The maximum atomic E-state index is 9.58. The second-order valence-electron chi connectivity index (χ2n) is 5.46. The minimum Gasteiger partial charge on any atom is -0.459 e. The minimum absolute atomic E-state index is 0.217. The monoisotopic (exact) mass is 259 g/mol. The van der Waals surface area contributed by atoms with Crippen LogP contribution in [0.5, 0.6) is 0 Å². The molecule has 1 aliphatic rings. The number of aliphatic hydroxyl groups is 1. The molecule has 0 amide bonds. The zero-order chi connectivity index (χ0) is 13.4. The van der Waals surface area contributed by atoms with Gasteiger partial charge in [0, 0.05) is 11.9 Å². The van der Waals surface area contributed by atoms with Crippen LogP contribution in [0.4, 0.5) is 5.69 Å². The largest absolute Gasteiger partial charge is 0.459 e. The standard InChI is InChI=1S/C16H21NO2/c1-11-12(2)19-16-14(11)7-5-8-15(16)17-9-4-3-6-13(17)10-18/h5,7-8,13,18H,3-4,6,9-10H2,1-2H3. The van der Waals surface area contributed by atoms with E-state index in [4.69, 9.17) is 4.42 Å². The van der Waals surface area contributed by atoms with Gasteiger partial charge in [-0.1, -0.05) is 12.1 Å². The molecule has 3 rings (SSSR count). The van der Waals surface area contributed by atoms with Crippen molar-refractivity contribution in [2.45, 2.75) is 39.2 Å². The molecule has 0 aliphatic carbocycles. The van der Waals surface area contributed by atoms with Crippen LogP contribution < -0.4 is 4.90 Å². The van der Waals surface area contributed by atoms with Crippen LogP contribution in [0.25, 0.3) is 11.0 Å². The highest BCUT2D eigenvalue weighted by Crippen LogP contribution is 2.35. The van der Waals surface area contributed by atoms with Gasteiger partial charge in [0.15, 0.2) is 5.58 Å². The average Bonchev–Trinajstić information content (AvgIpc) is 2.74. The van der Waals surface area contributed by atoms with Crippen LogP contribution in [0.15, 0.2) is 22.6 Å². The van der Waals surface area contributed by atoms with Crippen molar-refractivity contribution >= 4 is 16.7 Å². The number of hydrogen-bond donors (Lipinski definition) is 1. The second-order valence-corrected chi connectivity index (χ2v) is 5.46. The summed E-state index contributed by atoms with van der Waals surface area (Å²) in [5.41, 5.74) is 3.32. The summed E-state index contributed by atoms with van der Waals surface area (Å²) in [5.74, 6) is 0.986. The van der Waals surface area contributed by atoms with Crippen LogP contribution in [0.3, 0.4) is 0 Å². The Labute approximate surface area is 113 Å². The van der Waals surface area contributed by atoms with Crippen molar-refractivity contribution in [1.29, 1.82) is 0 Å². The van der Waals surface area contributed by atoms with Gasteiger partial charge in [-0.3, -0.25) is 0 Å². The smallest absolute Gasteiger partial charge is 0.157 e. The van der Waals surface area contributed by atoms with Crippen molar-refractivity contribution in [3.8, 4) is 0 Å². The SMILES string of the molecule is Cc1oc2c(N3CCCCC3CO)cccc2c1C. The quantitative estimate of drug-likeness (QED) is 0.898. The first-order valence-corrected chi connectivity index (χ1v) is 7.08. The number of benzene rings is 1. The molecular formula is C16H21NO2. The number of rotatable bonds is 2. The van der Waals surface area contributed by atoms with Crippen molar-refractivity contribution in [2.75, 3.05) is 18.1 Å². The maximum absolute atomic E-state index is 9.58. The molecule has 1 saturated heterocycles. The summed E-state index contributed by atoms with van der Waals surface area (Å²) in [7, 11) is 0. The fraction of sp³-hybridized carbons (Fsp3) is 0.500. The van der Waals surface area contributed by atoms with Crippen molar-refractivity contribution in [3.63, 3.8) is 0 Å². The number of aliphatic hydroxyl groups excluding tert-OH is 1. The predicted octanol–water partition coefficient (Wildman–Crippen LogP) is 3.40. The number of aryl methyl sites for hydroxylation is 2. The van der Waals surface area contributed by atoms with Gasteiger partial charge in [0.05, 0.1) is 18.3 Å². The lowest BCUT2D eigenvalue weighted by atomic mass is 10.0. The van der Waals surface area contributed by atoms with E-state index >= 15 is 0 Å². The fourth-order valence-corrected chi connectivity index (χ4v) is 3.08. The molecule has 102 valence electrons. The van der Waals surface area contributed by atoms with E-state index in [-0.39, 0.29) is 12.6 Å². The van der Waals surface area contributed by atoms with Gasteiger partial charge in [-0.25, -0.2) is 0 Å². The lowest BCUT2D eigenvalue weighted by Gasteiger charge is -2.36. The molecule has 1 fully saturated rings. The van der Waals surface area contributed by atoms with Crippen LogP contribution in [0.2, 0.25) is 0 Å². The minimum atomic E-state index is 0.217. The molecule has 19 heavy (non-hydrogen) atoms. The number of piperidine rings is 1. The van der Waals surface area contributed by atoms with Crippen LogP contribution in [-0.2, 0) is 0 Å². The summed E-state index contributed by atoms with van der Waals surface area (Å²) in [5, 5.41) is 10.8. The van der Waals surface area contributed by atoms with Gasteiger partial charge in [0.25, 0.3) is 0 Å². The number of para-hydroxylation sites is 1. The highest BCUT2D eigenvalue weighted by atomic mass is 16.3. The molecular weight excluding hydrogens is 238 g/mol. The number of anilines is 1. The Morgan fingerprint density at radius 3 is 2.95 bits per heavy atom. The molecule has 1 unspecified atom stereocenters. The molecule has 1 N–H and O–H groups in total. The first kappa shape index (κ1) is 12.5. The van der Waals surface area contributed by atoms with Crippen LogP contribution >= 0.6 is 0 Å². The first-order chi connectivity index (χ1) is 9.22. The van der Waals surface area contributed by atoms with Crippen molar-refractivity contribution < 1.29 is 9.52 Å². The number of nitrogens with zero attached hydrogens (tertiary/aromatic N) is 1. The Kier molecular flexibility index (Phi) is 3.23. The van der Waals surface area contributed by atoms with E-state index in [9.17, 15) is 5.11 Å². The highest BCUT2D eigenvalue weighted by Gasteiger charge is 2.24. The van der Waals surface area contributed by atoms with E-state index in [1.165, 1.54) is 23.8 Å². The molecule has 2 heterocycles. The van der Waals surface area contributed by atoms with Gasteiger partial charge >= 0.3 is 0 Å². The molecule has 3 heteroatoms. The summed E-state index contributed by atoms with van der Waals surface area (Å²) in [6.45, 7) is 5.34. The van der Waals surface area contributed by atoms with Gasteiger partial charge in [-0.05, 0) is 44.7 Å². The van der Waals surface area contributed by atoms with Gasteiger partial charge in [-0.2, -0.15) is 0 Å². The molecule has 0 bridgehead atoms. The molecule has 1 atom stereocenters. The third kappa shape index (κ3) is 2.02. The van der Waals surface area contributed by atoms with Crippen molar-refractivity contribution in [1.82, 2.24) is 0 Å². The zero-order valence-corrected chi connectivity index (χ0v) is 11.6. The number of furan rings is 1. The van der Waals surface area contributed by atoms with Gasteiger partial charge in [0.2, 0.25) is 0 Å².